The molecule has 1 aliphatic heterocycles. The fourth-order valence-electron chi connectivity index (χ4n) is 2.09. The van der Waals surface area contributed by atoms with Gasteiger partial charge in [-0.05, 0) is 18.2 Å². The SMILES string of the molecule is O=C(O)CCN1CCN(C(=O)/C=C/c2ccco2)CC1. The molecule has 6 heteroatoms. The number of hydrogen-bond acceptors (Lipinski definition) is 4. The lowest BCUT2D eigenvalue weighted by molar-refractivity contribution is -0.138. The van der Waals surface area contributed by atoms with E-state index < -0.39 is 5.97 Å². The maximum atomic E-state index is 12.0. The van der Waals surface area contributed by atoms with E-state index in [1.54, 1.807) is 29.4 Å². The number of nitrogens with zero attached hydrogens (tertiary/aromatic N) is 2. The Morgan fingerprint density at radius 2 is 2.05 bits per heavy atom. The molecular formula is C14H18N2O4. The van der Waals surface area contributed by atoms with Crippen LogP contribution in [0.15, 0.2) is 28.9 Å². The highest BCUT2D eigenvalue weighted by atomic mass is 16.4. The first-order chi connectivity index (χ1) is 9.65. The highest BCUT2D eigenvalue weighted by molar-refractivity contribution is 5.91. The van der Waals surface area contributed by atoms with Crippen LogP contribution in [0.25, 0.3) is 6.08 Å². The molecule has 2 heterocycles. The zero-order chi connectivity index (χ0) is 14.4. The second kappa shape index (κ2) is 6.91. The van der Waals surface area contributed by atoms with E-state index in [-0.39, 0.29) is 12.3 Å². The molecular weight excluding hydrogens is 260 g/mol. The van der Waals surface area contributed by atoms with E-state index in [2.05, 4.69) is 4.90 Å². The molecule has 1 aromatic rings. The predicted molar refractivity (Wildman–Crippen MR) is 73.0 cm³/mol. The number of amides is 1. The second-order valence-electron chi connectivity index (χ2n) is 4.66. The Hall–Kier alpha value is -2.08. The van der Waals surface area contributed by atoms with E-state index in [0.29, 0.717) is 38.5 Å². The standard InChI is InChI=1S/C14H18N2O4/c17-13(4-3-12-2-1-11-20-12)16-9-7-15(8-10-16)6-5-14(18)19/h1-4,11H,5-10H2,(H,18,19)/b4-3+. The van der Waals surface area contributed by atoms with Crippen molar-refractivity contribution in [3.05, 3.63) is 30.2 Å². The van der Waals surface area contributed by atoms with E-state index in [1.807, 2.05) is 0 Å². The van der Waals surface area contributed by atoms with Crippen LogP contribution in [0.4, 0.5) is 0 Å². The van der Waals surface area contributed by atoms with Gasteiger partial charge in [-0.1, -0.05) is 0 Å². The number of carbonyl (C=O) groups is 2. The normalized spacial score (nSPS) is 16.7. The summed E-state index contributed by atoms with van der Waals surface area (Å²) in [5.74, 6) is -0.178. The van der Waals surface area contributed by atoms with Crippen molar-refractivity contribution in [2.24, 2.45) is 0 Å². The van der Waals surface area contributed by atoms with E-state index in [9.17, 15) is 9.59 Å². The minimum absolute atomic E-state index is 0.0423. The molecule has 0 aromatic carbocycles. The summed E-state index contributed by atoms with van der Waals surface area (Å²) < 4.78 is 5.12. The molecule has 0 saturated carbocycles. The molecule has 1 aromatic heterocycles. The summed E-state index contributed by atoms with van der Waals surface area (Å²) in [6.45, 7) is 3.22. The zero-order valence-corrected chi connectivity index (χ0v) is 11.2. The van der Waals surface area contributed by atoms with Gasteiger partial charge in [-0.3, -0.25) is 14.5 Å². The number of hydrogen-bond donors (Lipinski definition) is 1. The van der Waals surface area contributed by atoms with Crippen molar-refractivity contribution in [3.63, 3.8) is 0 Å². The number of rotatable bonds is 5. The minimum Gasteiger partial charge on any atom is -0.481 e. The molecule has 108 valence electrons. The Morgan fingerprint density at radius 1 is 1.30 bits per heavy atom. The predicted octanol–water partition coefficient (Wildman–Crippen LogP) is 0.912. The molecule has 1 N–H and O–H groups in total. The fourth-order valence-corrected chi connectivity index (χ4v) is 2.09. The highest BCUT2D eigenvalue weighted by Crippen LogP contribution is 2.06. The third-order valence-electron chi connectivity index (χ3n) is 3.26. The molecule has 2 rings (SSSR count). The van der Waals surface area contributed by atoms with Crippen molar-refractivity contribution in [2.45, 2.75) is 6.42 Å². The smallest absolute Gasteiger partial charge is 0.304 e. The monoisotopic (exact) mass is 278 g/mol. The number of carbonyl (C=O) groups excluding carboxylic acids is 1. The van der Waals surface area contributed by atoms with Crippen LogP contribution in [-0.2, 0) is 9.59 Å². The quantitative estimate of drug-likeness (QED) is 0.810. The number of aliphatic carboxylic acids is 1. The second-order valence-corrected chi connectivity index (χ2v) is 4.66. The number of carboxylic acids is 1. The van der Waals surface area contributed by atoms with Crippen molar-refractivity contribution in [2.75, 3.05) is 32.7 Å². The largest absolute Gasteiger partial charge is 0.481 e. The Balaban J connectivity index is 1.75. The van der Waals surface area contributed by atoms with Crippen LogP contribution < -0.4 is 0 Å². The Morgan fingerprint density at radius 3 is 2.65 bits per heavy atom. The van der Waals surface area contributed by atoms with Gasteiger partial charge in [0.25, 0.3) is 0 Å². The van der Waals surface area contributed by atoms with Crippen LogP contribution in [0.2, 0.25) is 0 Å². The Labute approximate surface area is 117 Å². The molecule has 1 fully saturated rings. The maximum absolute atomic E-state index is 12.0. The molecule has 0 aliphatic carbocycles. The van der Waals surface area contributed by atoms with Crippen LogP contribution in [-0.4, -0.2) is 59.5 Å². The van der Waals surface area contributed by atoms with Gasteiger partial charge in [-0.15, -0.1) is 0 Å². The van der Waals surface area contributed by atoms with Crippen LogP contribution in [0, 0.1) is 0 Å². The van der Waals surface area contributed by atoms with Crippen LogP contribution in [0.1, 0.15) is 12.2 Å². The van der Waals surface area contributed by atoms with Crippen LogP contribution in [0.5, 0.6) is 0 Å². The number of piperazine rings is 1. The van der Waals surface area contributed by atoms with Crippen molar-refractivity contribution in [3.8, 4) is 0 Å². The zero-order valence-electron chi connectivity index (χ0n) is 11.2. The summed E-state index contributed by atoms with van der Waals surface area (Å²) >= 11 is 0. The molecule has 1 saturated heterocycles. The van der Waals surface area contributed by atoms with Gasteiger partial charge < -0.3 is 14.4 Å². The van der Waals surface area contributed by atoms with E-state index in [1.165, 1.54) is 6.08 Å². The molecule has 1 aliphatic rings. The van der Waals surface area contributed by atoms with Crippen molar-refractivity contribution < 1.29 is 19.1 Å². The van der Waals surface area contributed by atoms with Gasteiger partial charge in [0.05, 0.1) is 12.7 Å². The van der Waals surface area contributed by atoms with Gasteiger partial charge >= 0.3 is 5.97 Å². The summed E-state index contributed by atoms with van der Waals surface area (Å²) in [5.41, 5.74) is 0. The Bertz CT molecular complexity index is 473. The summed E-state index contributed by atoms with van der Waals surface area (Å²) in [5, 5.41) is 8.64. The third-order valence-corrected chi connectivity index (χ3v) is 3.26. The first kappa shape index (κ1) is 14.3. The lowest BCUT2D eigenvalue weighted by Crippen LogP contribution is -2.48. The molecule has 0 unspecified atom stereocenters. The summed E-state index contributed by atoms with van der Waals surface area (Å²) in [7, 11) is 0. The molecule has 1 amide bonds. The highest BCUT2D eigenvalue weighted by Gasteiger charge is 2.19. The third kappa shape index (κ3) is 4.24. The topological polar surface area (TPSA) is 74.0 Å². The molecule has 0 bridgehead atoms. The molecule has 6 nitrogen and oxygen atoms in total. The van der Waals surface area contributed by atoms with Crippen LogP contribution in [0.3, 0.4) is 0 Å². The minimum atomic E-state index is -0.787. The average molecular weight is 278 g/mol. The fraction of sp³-hybridized carbons (Fsp3) is 0.429. The van der Waals surface area contributed by atoms with Crippen molar-refractivity contribution >= 4 is 18.0 Å². The first-order valence-corrected chi connectivity index (χ1v) is 6.60. The average Bonchev–Trinajstić information content (AvgIpc) is 2.96. The molecule has 20 heavy (non-hydrogen) atoms. The van der Waals surface area contributed by atoms with Crippen molar-refractivity contribution in [1.29, 1.82) is 0 Å². The van der Waals surface area contributed by atoms with Gasteiger partial charge in [0.15, 0.2) is 0 Å². The summed E-state index contributed by atoms with van der Waals surface area (Å²) in [6.07, 6.45) is 4.86. The Kier molecular flexibility index (Phi) is 4.95. The molecule has 0 radical (unpaired) electrons. The lowest BCUT2D eigenvalue weighted by Gasteiger charge is -2.33. The summed E-state index contributed by atoms with van der Waals surface area (Å²) in [6, 6.07) is 3.55. The van der Waals surface area contributed by atoms with Gasteiger partial charge in [-0.2, -0.15) is 0 Å². The van der Waals surface area contributed by atoms with Gasteiger partial charge in [0.2, 0.25) is 5.91 Å². The molecule has 0 atom stereocenters. The molecule has 0 spiro atoms. The number of carboxylic acid groups (broad SMARTS) is 1. The van der Waals surface area contributed by atoms with Crippen molar-refractivity contribution in [1.82, 2.24) is 9.80 Å². The first-order valence-electron chi connectivity index (χ1n) is 6.60. The lowest BCUT2D eigenvalue weighted by atomic mass is 10.2. The van der Waals surface area contributed by atoms with E-state index in [4.69, 9.17) is 9.52 Å². The number of furan rings is 1. The van der Waals surface area contributed by atoms with Crippen LogP contribution >= 0.6 is 0 Å². The van der Waals surface area contributed by atoms with Gasteiger partial charge in [-0.25, -0.2) is 0 Å². The van der Waals surface area contributed by atoms with Gasteiger partial charge in [0, 0.05) is 38.8 Å². The van der Waals surface area contributed by atoms with Gasteiger partial charge in [0.1, 0.15) is 5.76 Å². The maximum Gasteiger partial charge on any atom is 0.304 e. The van der Waals surface area contributed by atoms with E-state index >= 15 is 0 Å². The van der Waals surface area contributed by atoms with E-state index in [0.717, 1.165) is 0 Å². The summed E-state index contributed by atoms with van der Waals surface area (Å²) in [4.78, 5) is 26.3.